The van der Waals surface area contributed by atoms with Crippen molar-refractivity contribution in [2.24, 2.45) is 0 Å². The molecule has 3 heterocycles. The van der Waals surface area contributed by atoms with Crippen LogP contribution in [-0.4, -0.2) is 245 Å². The molecule has 2 aliphatic heterocycles. The van der Waals surface area contributed by atoms with Crippen LogP contribution < -0.4 is 21.3 Å². The van der Waals surface area contributed by atoms with E-state index in [-0.39, 0.29) is 110 Å². The largest absolute Gasteiger partial charge is 0.481 e. The number of nitrogens with one attached hydrogen (secondary N) is 5. The first-order chi connectivity index (χ1) is 38.6. The molecule has 81 heavy (non-hydrogen) atoms. The van der Waals surface area contributed by atoms with Gasteiger partial charge >= 0.3 is 35.8 Å². The van der Waals surface area contributed by atoms with Crippen LogP contribution in [0.5, 0.6) is 0 Å². The van der Waals surface area contributed by atoms with E-state index in [0.717, 1.165) is 5.56 Å². The molecule has 0 spiro atoms. The Labute approximate surface area is 465 Å². The number of aliphatic carboxylic acids is 6. The molecule has 2 aliphatic rings. The van der Waals surface area contributed by atoms with E-state index in [9.17, 15) is 83.4 Å². The van der Waals surface area contributed by atoms with Gasteiger partial charge < -0.3 is 66.7 Å². The van der Waals surface area contributed by atoms with Crippen LogP contribution in [0.4, 0.5) is 5.69 Å². The van der Waals surface area contributed by atoms with Crippen molar-refractivity contribution < 1.29 is 83.4 Å². The fraction of sp³-hybridized carbons (Fsp3) is 0.500. The summed E-state index contributed by atoms with van der Waals surface area (Å²) in [4.78, 5) is 156. The van der Waals surface area contributed by atoms with Crippen molar-refractivity contribution in [3.63, 3.8) is 0 Å². The number of fused-ring (bicyclic) bond motifs is 1. The Kier molecular flexibility index (Phi) is 24.9. The van der Waals surface area contributed by atoms with Gasteiger partial charge in [0.25, 0.3) is 5.91 Å². The third kappa shape index (κ3) is 22.3. The SMILES string of the molecule is O=C(O)CC[C@H](NC(=O)CN1CCN(CC(=O)O)CCN(CC(=O)O)CCN(CC(=O)O)CC1)C(=O)N[C@@H](CCC(=O)O)C(=O)NCCCN1Cc2cc(C(=O)N(Cc3ccccc3)Cc3ncc[nH]3)ccc2N[C@@H](CC(=O)O)C1=O. The highest BCUT2D eigenvalue weighted by Gasteiger charge is 2.33. The molecule has 0 aliphatic carbocycles. The Morgan fingerprint density at radius 2 is 1.19 bits per heavy atom. The number of benzene rings is 2. The molecule has 1 saturated heterocycles. The van der Waals surface area contributed by atoms with Gasteiger partial charge in [0.05, 0.1) is 39.1 Å². The van der Waals surface area contributed by atoms with Gasteiger partial charge in [-0.3, -0.25) is 72.3 Å². The van der Waals surface area contributed by atoms with Crippen molar-refractivity contribution in [2.75, 3.05) is 96.9 Å². The number of carboxylic acids is 6. The first kappa shape index (κ1) is 63.3. The van der Waals surface area contributed by atoms with Gasteiger partial charge in [-0.2, -0.15) is 0 Å². The molecule has 11 N–H and O–H groups in total. The van der Waals surface area contributed by atoms with E-state index in [2.05, 4.69) is 31.2 Å². The highest BCUT2D eigenvalue weighted by molar-refractivity contribution is 5.96. The topological polar surface area (TPSA) is 405 Å². The number of H-pyrrole nitrogens is 1. The maximum atomic E-state index is 14.2. The predicted molar refractivity (Wildman–Crippen MR) is 284 cm³/mol. The number of rotatable bonds is 29. The van der Waals surface area contributed by atoms with Crippen LogP contribution in [0.3, 0.4) is 0 Å². The van der Waals surface area contributed by atoms with Gasteiger partial charge in [0.15, 0.2) is 0 Å². The molecule has 1 fully saturated rings. The number of carboxylic acid groups (broad SMARTS) is 6. The average molecular weight is 1140 g/mol. The van der Waals surface area contributed by atoms with Crippen molar-refractivity contribution in [2.45, 2.75) is 76.3 Å². The van der Waals surface area contributed by atoms with Crippen LogP contribution in [0.1, 0.15) is 65.8 Å². The van der Waals surface area contributed by atoms with E-state index >= 15 is 0 Å². The van der Waals surface area contributed by atoms with Crippen LogP contribution in [0, 0.1) is 0 Å². The second-order valence-corrected chi connectivity index (χ2v) is 19.6. The Hall–Kier alpha value is -8.54. The number of carbonyl (C=O) groups is 11. The minimum absolute atomic E-state index is 0.0415. The molecule has 3 aromatic rings. The standard InChI is InChI=1S/C52H70N12O17/c65-42(30-59-17-19-60(31-46(72)73)21-23-62(33-48(76)77)24-22-61(20-18-59)32-47(74)75)57-39(10-12-44(68)69)50(79)58-38(9-11-43(66)67)49(78)55-13-4-16-63-28-36-25-35(7-8-37(36)56-40(52(63)81)26-45(70)71)51(80)64(29-41-53-14-15-54-41)27-34-5-2-1-3-6-34/h1-3,5-8,14-15,25,38-40,56H,4,9-13,16-24,26-33H2,(H,53,54)(H,55,78)(H,57,65)(H,58,79)(H,66,67)(H,68,69)(H,70,71)(H,72,73)(H,74,75)(H,76,77)/t38-,39-,40-/m0/s1. The van der Waals surface area contributed by atoms with Gasteiger partial charge in [0, 0.05) is 115 Å². The summed E-state index contributed by atoms with van der Waals surface area (Å²) in [6.07, 6.45) is 0.551. The number of hydrogen-bond donors (Lipinski definition) is 11. The molecule has 29 heteroatoms. The van der Waals surface area contributed by atoms with Gasteiger partial charge in [-0.1, -0.05) is 30.3 Å². The molecule has 3 atom stereocenters. The number of aromatic amines is 1. The second kappa shape index (κ2) is 31.9. The lowest BCUT2D eigenvalue weighted by molar-refractivity contribution is -0.141. The summed E-state index contributed by atoms with van der Waals surface area (Å²) >= 11 is 0. The quantitative estimate of drug-likeness (QED) is 0.0354. The van der Waals surface area contributed by atoms with Gasteiger partial charge in [0.2, 0.25) is 23.6 Å². The van der Waals surface area contributed by atoms with Crippen molar-refractivity contribution in [1.29, 1.82) is 0 Å². The monoisotopic (exact) mass is 1130 g/mol. The normalized spacial score (nSPS) is 16.6. The second-order valence-electron chi connectivity index (χ2n) is 19.6. The summed E-state index contributed by atoms with van der Waals surface area (Å²) in [7, 11) is 0. The highest BCUT2D eigenvalue weighted by Crippen LogP contribution is 2.27. The van der Waals surface area contributed by atoms with Crippen molar-refractivity contribution in [3.8, 4) is 0 Å². The minimum Gasteiger partial charge on any atom is -0.481 e. The molecule has 2 aromatic carbocycles. The van der Waals surface area contributed by atoms with Crippen LogP contribution in [-0.2, 0) is 67.6 Å². The molecule has 29 nitrogen and oxygen atoms in total. The lowest BCUT2D eigenvalue weighted by atomic mass is 10.1. The molecule has 0 radical (unpaired) electrons. The molecule has 5 amide bonds. The summed E-state index contributed by atoms with van der Waals surface area (Å²) in [6, 6.07) is 9.82. The van der Waals surface area contributed by atoms with Crippen molar-refractivity contribution >= 4 is 71.0 Å². The number of nitrogens with zero attached hydrogens (tertiary/aromatic N) is 7. The fourth-order valence-electron chi connectivity index (χ4n) is 9.18. The molecular weight excluding hydrogens is 1060 g/mol. The van der Waals surface area contributed by atoms with E-state index < -0.39 is 129 Å². The third-order valence-electron chi connectivity index (χ3n) is 13.3. The number of carbonyl (C=O) groups excluding carboxylic acids is 5. The third-order valence-corrected chi connectivity index (χ3v) is 13.3. The van der Waals surface area contributed by atoms with E-state index in [1.165, 1.54) is 4.90 Å². The van der Waals surface area contributed by atoms with E-state index in [1.807, 2.05) is 30.3 Å². The zero-order chi connectivity index (χ0) is 59.0. The first-order valence-electron chi connectivity index (χ1n) is 26.2. The lowest BCUT2D eigenvalue weighted by Crippen LogP contribution is -2.55. The maximum absolute atomic E-state index is 14.2. The highest BCUT2D eigenvalue weighted by atomic mass is 16.4. The summed E-state index contributed by atoms with van der Waals surface area (Å²) < 4.78 is 0. The molecule has 0 unspecified atom stereocenters. The Morgan fingerprint density at radius 3 is 1.69 bits per heavy atom. The van der Waals surface area contributed by atoms with Crippen LogP contribution in [0.2, 0.25) is 0 Å². The summed E-state index contributed by atoms with van der Waals surface area (Å²) in [5.41, 5.74) is 2.07. The fourth-order valence-corrected chi connectivity index (χ4v) is 9.18. The number of hydrogen-bond acceptors (Lipinski definition) is 17. The lowest BCUT2D eigenvalue weighted by Gasteiger charge is -2.33. The summed E-state index contributed by atoms with van der Waals surface area (Å²) in [5.74, 6) is -10.4. The predicted octanol–water partition coefficient (Wildman–Crippen LogP) is -1.47. The number of anilines is 1. The van der Waals surface area contributed by atoms with Gasteiger partial charge in [0.1, 0.15) is 23.9 Å². The van der Waals surface area contributed by atoms with E-state index in [4.69, 9.17) is 0 Å². The Bertz CT molecular complexity index is 2650. The molecule has 0 bridgehead atoms. The summed E-state index contributed by atoms with van der Waals surface area (Å²) in [6.45, 7) is -0.788. The van der Waals surface area contributed by atoms with Gasteiger partial charge in [-0.15, -0.1) is 0 Å². The Balaban J connectivity index is 1.26. The number of aromatic nitrogens is 2. The van der Waals surface area contributed by atoms with Gasteiger partial charge in [-0.05, 0) is 48.6 Å². The molecule has 440 valence electrons. The minimum atomic E-state index is -1.57. The molecule has 1 aromatic heterocycles. The Morgan fingerprint density at radius 1 is 0.642 bits per heavy atom. The van der Waals surface area contributed by atoms with Crippen LogP contribution in [0.25, 0.3) is 0 Å². The molecular formula is C52H70N12O17. The summed E-state index contributed by atoms with van der Waals surface area (Å²) in [5, 5.41) is 68.0. The van der Waals surface area contributed by atoms with Gasteiger partial charge in [-0.25, -0.2) is 4.98 Å². The first-order valence-corrected chi connectivity index (χ1v) is 26.2. The molecule has 0 saturated carbocycles. The zero-order valence-corrected chi connectivity index (χ0v) is 44.6. The van der Waals surface area contributed by atoms with E-state index in [1.54, 1.807) is 55.1 Å². The van der Waals surface area contributed by atoms with Crippen LogP contribution in [0.15, 0.2) is 60.9 Å². The van der Waals surface area contributed by atoms with Crippen molar-refractivity contribution in [3.05, 3.63) is 83.4 Å². The molecule has 5 rings (SSSR count). The average Bonchev–Trinajstić information content (AvgIpc) is 3.89. The van der Waals surface area contributed by atoms with Crippen LogP contribution >= 0.6 is 0 Å². The number of imidazole rings is 1. The van der Waals surface area contributed by atoms with E-state index in [0.29, 0.717) is 17.1 Å². The number of amides is 5. The zero-order valence-electron chi connectivity index (χ0n) is 44.6. The smallest absolute Gasteiger partial charge is 0.317 e. The maximum Gasteiger partial charge on any atom is 0.317 e. The van der Waals surface area contributed by atoms with Crippen molar-refractivity contribution in [1.82, 2.24) is 55.3 Å².